The van der Waals surface area contributed by atoms with E-state index in [4.69, 9.17) is 10.8 Å². The maximum Gasteiger partial charge on any atom is 0.287 e. The van der Waals surface area contributed by atoms with Crippen LogP contribution in [0.2, 0.25) is 0 Å². The fraction of sp³-hybridized carbons (Fsp3) is 0.0667. The molecular weight excluding hydrogens is 272 g/mol. The Labute approximate surface area is 119 Å². The molecule has 1 amide bonds. The first kappa shape index (κ1) is 12.5. The highest BCUT2D eigenvalue weighted by Gasteiger charge is 2.14. The lowest BCUT2D eigenvalue weighted by Crippen LogP contribution is -2.22. The molecular formula is C15H10N2O2S. The van der Waals surface area contributed by atoms with Crippen molar-refractivity contribution >= 4 is 27.5 Å². The highest BCUT2D eigenvalue weighted by molar-refractivity contribution is 7.21. The molecule has 0 fully saturated rings. The summed E-state index contributed by atoms with van der Waals surface area (Å²) >= 11 is 1.52. The molecule has 0 atom stereocenters. The normalized spacial score (nSPS) is 10.3. The molecule has 0 aliphatic rings. The lowest BCUT2D eigenvalue weighted by Gasteiger charge is -1.96. The molecule has 3 rings (SSSR count). The fourth-order valence-electron chi connectivity index (χ4n) is 1.77. The van der Waals surface area contributed by atoms with E-state index in [1.54, 1.807) is 12.1 Å². The maximum absolute atomic E-state index is 11.7. The number of nitrogens with zero attached hydrogens (tertiary/aromatic N) is 1. The van der Waals surface area contributed by atoms with Crippen molar-refractivity contribution in [2.75, 3.05) is 6.54 Å². The second-order valence-corrected chi connectivity index (χ2v) is 5.07. The number of benzene rings is 1. The van der Waals surface area contributed by atoms with Crippen molar-refractivity contribution in [3.8, 4) is 23.1 Å². The molecule has 0 aliphatic heterocycles. The van der Waals surface area contributed by atoms with E-state index >= 15 is 0 Å². The molecule has 4 nitrogen and oxygen atoms in total. The zero-order valence-corrected chi connectivity index (χ0v) is 11.2. The van der Waals surface area contributed by atoms with Gasteiger partial charge in [-0.1, -0.05) is 18.1 Å². The van der Waals surface area contributed by atoms with Gasteiger partial charge < -0.3 is 9.73 Å². The largest absolute Gasteiger partial charge is 0.448 e. The average Bonchev–Trinajstić information content (AvgIpc) is 3.10. The zero-order valence-electron chi connectivity index (χ0n) is 10.4. The molecule has 0 bridgehead atoms. The first-order valence-electron chi connectivity index (χ1n) is 5.95. The van der Waals surface area contributed by atoms with E-state index < -0.39 is 0 Å². The van der Waals surface area contributed by atoms with Gasteiger partial charge in [0, 0.05) is 0 Å². The smallest absolute Gasteiger partial charge is 0.287 e. The quantitative estimate of drug-likeness (QED) is 0.751. The number of hydrogen-bond acceptors (Lipinski definition) is 4. The minimum Gasteiger partial charge on any atom is -0.448 e. The number of aromatic nitrogens is 1. The van der Waals surface area contributed by atoms with Crippen LogP contribution in [0.4, 0.5) is 0 Å². The number of carbonyl (C=O) groups is 1. The van der Waals surface area contributed by atoms with Crippen LogP contribution < -0.4 is 5.32 Å². The summed E-state index contributed by atoms with van der Waals surface area (Å²) in [6.45, 7) is 0.177. The molecule has 0 spiro atoms. The Morgan fingerprint density at radius 2 is 2.20 bits per heavy atom. The second-order valence-electron chi connectivity index (χ2n) is 4.04. The summed E-state index contributed by atoms with van der Waals surface area (Å²) in [6.07, 6.45) is 5.09. The summed E-state index contributed by atoms with van der Waals surface area (Å²) in [5.74, 6) is 2.83. The Balaban J connectivity index is 1.89. The van der Waals surface area contributed by atoms with Crippen LogP contribution >= 0.6 is 11.3 Å². The van der Waals surface area contributed by atoms with E-state index in [-0.39, 0.29) is 18.2 Å². The monoisotopic (exact) mass is 282 g/mol. The van der Waals surface area contributed by atoms with Crippen molar-refractivity contribution in [2.24, 2.45) is 0 Å². The maximum atomic E-state index is 11.7. The van der Waals surface area contributed by atoms with Crippen LogP contribution in [0.1, 0.15) is 10.6 Å². The van der Waals surface area contributed by atoms with E-state index in [0.29, 0.717) is 5.76 Å². The van der Waals surface area contributed by atoms with Crippen molar-refractivity contribution in [1.29, 1.82) is 0 Å². The molecule has 2 heterocycles. The number of amides is 1. The number of fused-ring (bicyclic) bond motifs is 1. The standard InChI is InChI=1S/C15H10N2O2S/c1-2-9-16-14(18)11-7-8-12(19-11)15-17-10-5-3-4-6-13(10)20-15/h1,3-8H,9H2,(H,16,18). The lowest BCUT2D eigenvalue weighted by molar-refractivity contribution is 0.0932. The molecule has 0 aliphatic carbocycles. The molecule has 0 saturated heterocycles. The third-order valence-corrected chi connectivity index (χ3v) is 3.74. The molecule has 20 heavy (non-hydrogen) atoms. The van der Waals surface area contributed by atoms with E-state index in [1.807, 2.05) is 24.3 Å². The fourth-order valence-corrected chi connectivity index (χ4v) is 2.70. The number of thiazole rings is 1. The summed E-state index contributed by atoms with van der Waals surface area (Å²) in [7, 11) is 0. The van der Waals surface area contributed by atoms with Crippen LogP contribution in [0.3, 0.4) is 0 Å². The first-order valence-corrected chi connectivity index (χ1v) is 6.77. The van der Waals surface area contributed by atoms with Gasteiger partial charge in [0.25, 0.3) is 5.91 Å². The molecule has 1 aromatic carbocycles. The van der Waals surface area contributed by atoms with Crippen LogP contribution in [0, 0.1) is 12.3 Å². The van der Waals surface area contributed by atoms with Gasteiger partial charge in [-0.05, 0) is 24.3 Å². The van der Waals surface area contributed by atoms with Crippen molar-refractivity contribution < 1.29 is 9.21 Å². The summed E-state index contributed by atoms with van der Waals surface area (Å²) in [4.78, 5) is 16.2. The van der Waals surface area contributed by atoms with Gasteiger partial charge >= 0.3 is 0 Å². The molecule has 0 saturated carbocycles. The number of carbonyl (C=O) groups excluding carboxylic acids is 1. The predicted octanol–water partition coefficient (Wildman–Crippen LogP) is 2.92. The molecule has 98 valence electrons. The van der Waals surface area contributed by atoms with Gasteiger partial charge in [0.15, 0.2) is 16.5 Å². The Morgan fingerprint density at radius 3 is 3.00 bits per heavy atom. The number of nitrogens with one attached hydrogen (secondary N) is 1. The summed E-state index contributed by atoms with van der Waals surface area (Å²) in [6, 6.07) is 11.2. The summed E-state index contributed by atoms with van der Waals surface area (Å²) in [5, 5.41) is 3.31. The zero-order chi connectivity index (χ0) is 13.9. The minimum absolute atomic E-state index is 0.177. The van der Waals surface area contributed by atoms with Gasteiger partial charge in [-0.2, -0.15) is 0 Å². The summed E-state index contributed by atoms with van der Waals surface area (Å²) in [5.41, 5.74) is 0.919. The topological polar surface area (TPSA) is 55.1 Å². The van der Waals surface area contributed by atoms with Crippen LogP contribution in [0.5, 0.6) is 0 Å². The van der Waals surface area contributed by atoms with Crippen LogP contribution in [0.15, 0.2) is 40.8 Å². The number of terminal acetylenes is 1. The van der Waals surface area contributed by atoms with E-state index in [9.17, 15) is 4.79 Å². The lowest BCUT2D eigenvalue weighted by atomic mass is 10.3. The second kappa shape index (κ2) is 5.19. The Bertz CT molecular complexity index is 778. The molecule has 2 aromatic heterocycles. The summed E-state index contributed by atoms with van der Waals surface area (Å²) < 4.78 is 6.61. The predicted molar refractivity (Wildman–Crippen MR) is 78.5 cm³/mol. The highest BCUT2D eigenvalue weighted by atomic mass is 32.1. The van der Waals surface area contributed by atoms with E-state index in [2.05, 4.69) is 16.2 Å². The van der Waals surface area contributed by atoms with Crippen LogP contribution in [0.25, 0.3) is 21.0 Å². The van der Waals surface area contributed by atoms with Gasteiger partial charge in [-0.25, -0.2) is 4.98 Å². The van der Waals surface area contributed by atoms with E-state index in [0.717, 1.165) is 15.2 Å². The molecule has 3 aromatic rings. The SMILES string of the molecule is C#CCNC(=O)c1ccc(-c2nc3ccccc3s2)o1. The highest BCUT2D eigenvalue weighted by Crippen LogP contribution is 2.30. The number of para-hydroxylation sites is 1. The molecule has 5 heteroatoms. The first-order chi connectivity index (χ1) is 9.78. The number of furan rings is 1. The van der Waals surface area contributed by atoms with Crippen molar-refractivity contribution in [1.82, 2.24) is 10.3 Å². The molecule has 1 N–H and O–H groups in total. The Kier molecular flexibility index (Phi) is 3.23. The number of hydrogen-bond donors (Lipinski definition) is 1. The van der Waals surface area contributed by atoms with Gasteiger partial charge in [-0.15, -0.1) is 17.8 Å². The molecule has 0 radical (unpaired) electrons. The van der Waals surface area contributed by atoms with Crippen LogP contribution in [-0.2, 0) is 0 Å². The number of rotatable bonds is 3. The Hall–Kier alpha value is -2.58. The minimum atomic E-state index is -0.324. The third kappa shape index (κ3) is 2.29. The van der Waals surface area contributed by atoms with Crippen molar-refractivity contribution in [3.05, 3.63) is 42.2 Å². The van der Waals surface area contributed by atoms with Crippen molar-refractivity contribution in [2.45, 2.75) is 0 Å². The van der Waals surface area contributed by atoms with Gasteiger partial charge in [0.1, 0.15) is 0 Å². The van der Waals surface area contributed by atoms with Gasteiger partial charge in [0.05, 0.1) is 16.8 Å². The van der Waals surface area contributed by atoms with Gasteiger partial charge in [-0.3, -0.25) is 4.79 Å². The van der Waals surface area contributed by atoms with Gasteiger partial charge in [0.2, 0.25) is 0 Å². The Morgan fingerprint density at radius 1 is 1.35 bits per heavy atom. The molecule has 0 unspecified atom stereocenters. The van der Waals surface area contributed by atoms with Crippen molar-refractivity contribution in [3.63, 3.8) is 0 Å². The van der Waals surface area contributed by atoms with Crippen LogP contribution in [-0.4, -0.2) is 17.4 Å². The van der Waals surface area contributed by atoms with E-state index in [1.165, 1.54) is 11.3 Å². The third-order valence-electron chi connectivity index (χ3n) is 2.69. The average molecular weight is 282 g/mol.